The minimum absolute atomic E-state index is 0.00960. The van der Waals surface area contributed by atoms with Crippen molar-refractivity contribution in [1.29, 1.82) is 0 Å². The molecule has 2 atom stereocenters. The Morgan fingerprint density at radius 3 is 2.44 bits per heavy atom. The third kappa shape index (κ3) is 8.56. The Morgan fingerprint density at radius 2 is 1.84 bits per heavy atom. The van der Waals surface area contributed by atoms with Gasteiger partial charge in [0.25, 0.3) is 0 Å². The minimum atomic E-state index is -4.45. The summed E-state index contributed by atoms with van der Waals surface area (Å²) < 4.78 is 45.5. The van der Waals surface area contributed by atoms with Gasteiger partial charge in [-0.25, -0.2) is 4.98 Å². The molecule has 13 heteroatoms. The van der Waals surface area contributed by atoms with Gasteiger partial charge in [-0.1, -0.05) is 37.3 Å². The smallest absolute Gasteiger partial charge is 0.425 e. The zero-order valence-corrected chi connectivity index (χ0v) is 25.1. The zero-order valence-electron chi connectivity index (χ0n) is 24.3. The number of alkyl halides is 3. The molecular weight excluding hydrogens is 583 g/mol. The van der Waals surface area contributed by atoms with Crippen LogP contribution in [0.1, 0.15) is 56.4 Å². The lowest BCUT2D eigenvalue weighted by Gasteiger charge is -2.38. The molecule has 0 bridgehead atoms. The zero-order chi connectivity index (χ0) is 31.0. The van der Waals surface area contributed by atoms with Gasteiger partial charge < -0.3 is 25.4 Å². The number of hydrogen-bond donors (Lipinski definition) is 3. The summed E-state index contributed by atoms with van der Waals surface area (Å²) in [5.41, 5.74) is 0.990. The summed E-state index contributed by atoms with van der Waals surface area (Å²) in [4.78, 5) is 33.4. The average molecular weight is 622 g/mol. The summed E-state index contributed by atoms with van der Waals surface area (Å²) in [6.45, 7) is 6.81. The number of halogens is 3. The summed E-state index contributed by atoms with van der Waals surface area (Å²) in [5, 5.41) is 15.2. The number of aromatic nitrogens is 2. The summed E-state index contributed by atoms with van der Waals surface area (Å²) in [6, 6.07) is 10.7. The van der Waals surface area contributed by atoms with Crippen LogP contribution in [0.4, 0.5) is 24.9 Å². The Hall–Kier alpha value is -3.45. The van der Waals surface area contributed by atoms with Gasteiger partial charge in [-0.2, -0.15) is 18.2 Å². The van der Waals surface area contributed by atoms with Gasteiger partial charge in [0.1, 0.15) is 15.5 Å². The number of rotatable bonds is 8. The molecule has 3 aromatic rings. The summed E-state index contributed by atoms with van der Waals surface area (Å²) in [5.74, 6) is -0.372. The van der Waals surface area contributed by atoms with Gasteiger partial charge in [-0.05, 0) is 63.7 Å². The fraction of sp³-hybridized carbons (Fsp3) is 0.533. The number of esters is 1. The molecule has 2 aliphatic rings. The quantitative estimate of drug-likeness (QED) is 0.262. The van der Waals surface area contributed by atoms with Crippen LogP contribution >= 0.6 is 11.3 Å². The van der Waals surface area contributed by atoms with Gasteiger partial charge in [0, 0.05) is 19.1 Å². The maximum absolute atomic E-state index is 13.4. The SMILES string of the molecule is CCOC(=O)C1CCN(c2nc(NCc3ccccc3)c3cc(C(F)(F)F)sc3n2)C(CC)C1.O=C(O)C1CCNCC1. The van der Waals surface area contributed by atoms with E-state index >= 15 is 0 Å². The summed E-state index contributed by atoms with van der Waals surface area (Å²) in [7, 11) is 0. The maximum Gasteiger partial charge on any atom is 0.425 e. The van der Waals surface area contributed by atoms with Crippen LogP contribution in [0, 0.1) is 11.8 Å². The first-order valence-electron chi connectivity index (χ1n) is 14.6. The molecule has 5 rings (SSSR count). The number of fused-ring (bicyclic) bond motifs is 1. The average Bonchev–Trinajstić information content (AvgIpc) is 3.46. The lowest BCUT2D eigenvalue weighted by atomic mass is 9.90. The molecule has 0 radical (unpaired) electrons. The van der Waals surface area contributed by atoms with Crippen molar-refractivity contribution < 1.29 is 32.6 Å². The number of anilines is 2. The standard InChI is InChI=1S/C24H27F3N4O2S.C6H11NO2/c1-3-17-12-16(22(32)33-4-2)10-11-31(17)23-29-20(28-14-15-8-6-5-7-9-15)18-13-19(24(25,26)27)34-21(18)30-23;8-6(9)5-1-3-7-4-2-5/h5-9,13,16-17H,3-4,10-12,14H2,1-2H3,(H,28,29,30);5,7H,1-4H2,(H,8,9). The van der Waals surface area contributed by atoms with Crippen molar-refractivity contribution >= 4 is 45.3 Å². The third-order valence-corrected chi connectivity index (χ3v) is 8.79. The van der Waals surface area contributed by atoms with Gasteiger partial charge >= 0.3 is 18.1 Å². The number of carbonyl (C=O) groups excluding carboxylic acids is 1. The molecule has 2 aliphatic heterocycles. The Bertz CT molecular complexity index is 1370. The van der Waals surface area contributed by atoms with Crippen molar-refractivity contribution in [2.45, 2.75) is 64.7 Å². The number of carbonyl (C=O) groups is 2. The van der Waals surface area contributed by atoms with Crippen molar-refractivity contribution in [3.05, 3.63) is 46.8 Å². The van der Waals surface area contributed by atoms with Gasteiger partial charge in [0.2, 0.25) is 5.95 Å². The van der Waals surface area contributed by atoms with Gasteiger partial charge in [0.15, 0.2) is 0 Å². The van der Waals surface area contributed by atoms with E-state index in [2.05, 4.69) is 20.6 Å². The molecule has 3 N–H and O–H groups in total. The Kier molecular flexibility index (Phi) is 11.2. The molecule has 0 saturated carbocycles. The van der Waals surface area contributed by atoms with Crippen LogP contribution in [0.25, 0.3) is 10.2 Å². The number of benzene rings is 1. The monoisotopic (exact) mass is 621 g/mol. The first-order valence-corrected chi connectivity index (χ1v) is 15.5. The summed E-state index contributed by atoms with van der Waals surface area (Å²) >= 11 is 0.622. The van der Waals surface area contributed by atoms with Gasteiger partial charge in [-0.15, -0.1) is 11.3 Å². The largest absolute Gasteiger partial charge is 0.481 e. The Morgan fingerprint density at radius 1 is 1.12 bits per heavy atom. The van der Waals surface area contributed by atoms with Crippen LogP contribution in [-0.2, 0) is 27.0 Å². The Labute approximate surface area is 252 Å². The fourth-order valence-corrected chi connectivity index (χ4v) is 6.23. The minimum Gasteiger partial charge on any atom is -0.481 e. The number of piperidine rings is 2. The topological polar surface area (TPSA) is 117 Å². The van der Waals surface area contributed by atoms with E-state index in [1.807, 2.05) is 42.2 Å². The van der Waals surface area contributed by atoms with Crippen LogP contribution in [0.5, 0.6) is 0 Å². The highest BCUT2D eigenvalue weighted by molar-refractivity contribution is 7.18. The first-order chi connectivity index (χ1) is 20.6. The van der Waals surface area contributed by atoms with E-state index in [-0.39, 0.29) is 28.7 Å². The fourth-order valence-electron chi connectivity index (χ4n) is 5.34. The van der Waals surface area contributed by atoms with Gasteiger partial charge in [-0.3, -0.25) is 9.59 Å². The van der Waals surface area contributed by atoms with E-state index in [0.29, 0.717) is 61.0 Å². The van der Waals surface area contributed by atoms with E-state index in [1.165, 1.54) is 0 Å². The molecule has 234 valence electrons. The molecule has 2 fully saturated rings. The van der Waals surface area contributed by atoms with Crippen LogP contribution in [0.3, 0.4) is 0 Å². The lowest BCUT2D eigenvalue weighted by Crippen LogP contribution is -2.45. The molecular formula is C30H38F3N5O4S. The molecule has 9 nitrogen and oxygen atoms in total. The molecule has 43 heavy (non-hydrogen) atoms. The number of nitrogens with zero attached hydrogens (tertiary/aromatic N) is 3. The highest BCUT2D eigenvalue weighted by Crippen LogP contribution is 2.40. The van der Waals surface area contributed by atoms with Crippen molar-refractivity contribution in [2.75, 3.05) is 36.5 Å². The highest BCUT2D eigenvalue weighted by Gasteiger charge is 2.36. The molecule has 2 unspecified atom stereocenters. The van der Waals surface area contributed by atoms with Crippen molar-refractivity contribution in [1.82, 2.24) is 15.3 Å². The maximum atomic E-state index is 13.4. The number of thiophene rings is 1. The van der Waals surface area contributed by atoms with Crippen LogP contribution in [0.15, 0.2) is 36.4 Å². The lowest BCUT2D eigenvalue weighted by molar-refractivity contribution is -0.149. The second kappa shape index (κ2) is 14.8. The highest BCUT2D eigenvalue weighted by atomic mass is 32.1. The van der Waals surface area contributed by atoms with Crippen LogP contribution < -0.4 is 15.5 Å². The van der Waals surface area contributed by atoms with Crippen molar-refractivity contribution in [3.63, 3.8) is 0 Å². The second-order valence-electron chi connectivity index (χ2n) is 10.6. The van der Waals surface area contributed by atoms with E-state index in [4.69, 9.17) is 9.84 Å². The number of hydrogen-bond acceptors (Lipinski definition) is 9. The molecule has 0 amide bonds. The van der Waals surface area contributed by atoms with Crippen molar-refractivity contribution in [2.24, 2.45) is 11.8 Å². The number of aliphatic carboxylic acids is 1. The van der Waals surface area contributed by atoms with E-state index in [0.717, 1.165) is 44.0 Å². The number of nitrogens with one attached hydrogen (secondary N) is 2. The number of carboxylic acids is 1. The van der Waals surface area contributed by atoms with Crippen LogP contribution in [0.2, 0.25) is 0 Å². The summed E-state index contributed by atoms with van der Waals surface area (Å²) in [6.07, 6.45) is -0.942. The predicted molar refractivity (Wildman–Crippen MR) is 160 cm³/mol. The first kappa shape index (κ1) is 32.5. The second-order valence-corrected chi connectivity index (χ2v) is 11.7. The predicted octanol–water partition coefficient (Wildman–Crippen LogP) is 5.95. The molecule has 1 aromatic carbocycles. The van der Waals surface area contributed by atoms with E-state index < -0.39 is 17.0 Å². The van der Waals surface area contributed by atoms with E-state index in [1.54, 1.807) is 6.92 Å². The normalized spacial score (nSPS) is 19.4. The Balaban J connectivity index is 0.000000403. The molecule has 2 saturated heterocycles. The number of ether oxygens (including phenoxy) is 1. The number of carboxylic acid groups (broad SMARTS) is 1. The third-order valence-electron chi connectivity index (χ3n) is 7.72. The molecule has 4 heterocycles. The molecule has 2 aromatic heterocycles. The molecule has 0 aliphatic carbocycles. The molecule has 0 spiro atoms. The van der Waals surface area contributed by atoms with E-state index in [9.17, 15) is 22.8 Å². The van der Waals surface area contributed by atoms with Crippen molar-refractivity contribution in [3.8, 4) is 0 Å². The van der Waals surface area contributed by atoms with Gasteiger partial charge in [0.05, 0.1) is 23.8 Å². The van der Waals surface area contributed by atoms with Crippen LogP contribution in [-0.4, -0.2) is 59.3 Å².